The quantitative estimate of drug-likeness (QED) is 0.662. The highest BCUT2D eigenvalue weighted by Gasteiger charge is 2.26. The molecule has 0 saturated heterocycles. The van der Waals surface area contributed by atoms with Crippen molar-refractivity contribution in [2.24, 2.45) is 4.99 Å². The van der Waals surface area contributed by atoms with Crippen LogP contribution in [0.5, 0.6) is 0 Å². The third kappa shape index (κ3) is 1.97. The molecule has 12 heavy (non-hydrogen) atoms. The molecule has 0 amide bonds. The number of likely N-dealkylation sites (N-methyl/N-ethyl adjacent to an activating group) is 1. The molecule has 2 rings (SSSR count). The highest BCUT2D eigenvalue weighted by molar-refractivity contribution is 5.84. The smallest absolute Gasteiger partial charge is 0.111 e. The van der Waals surface area contributed by atoms with Crippen molar-refractivity contribution in [3.8, 4) is 0 Å². The summed E-state index contributed by atoms with van der Waals surface area (Å²) in [7, 11) is 2.19. The maximum atomic E-state index is 4.44. The van der Waals surface area contributed by atoms with Gasteiger partial charge in [0.05, 0.1) is 6.54 Å². The Labute approximate surface area is 73.9 Å². The lowest BCUT2D eigenvalue weighted by molar-refractivity contribution is 0.365. The number of hydrogen-bond acceptors (Lipinski definition) is 3. The van der Waals surface area contributed by atoms with Crippen molar-refractivity contribution in [1.29, 1.82) is 0 Å². The Hall–Kier alpha value is -0.570. The van der Waals surface area contributed by atoms with E-state index in [1.54, 1.807) is 0 Å². The lowest BCUT2D eigenvalue weighted by atomic mass is 10.3. The molecule has 1 aliphatic carbocycles. The average Bonchev–Trinajstić information content (AvgIpc) is 2.88. The predicted octanol–water partition coefficient (Wildman–Crippen LogP) is 0.472. The number of rotatable bonds is 3. The second-order valence-electron chi connectivity index (χ2n) is 3.76. The Balaban J connectivity index is 1.80. The van der Waals surface area contributed by atoms with Crippen LogP contribution in [-0.2, 0) is 0 Å². The fourth-order valence-corrected chi connectivity index (χ4v) is 1.57. The van der Waals surface area contributed by atoms with Crippen molar-refractivity contribution >= 4 is 5.84 Å². The molecule has 1 aliphatic heterocycles. The fourth-order valence-electron chi connectivity index (χ4n) is 1.57. The molecule has 1 N–H and O–H groups in total. The number of aliphatic imine (C=N–C) groups is 1. The van der Waals surface area contributed by atoms with Gasteiger partial charge in [-0.15, -0.1) is 0 Å². The first-order chi connectivity index (χ1) is 5.86. The highest BCUT2D eigenvalue weighted by Crippen LogP contribution is 2.24. The molecule has 1 heterocycles. The first-order valence-electron chi connectivity index (χ1n) is 4.84. The zero-order valence-electron chi connectivity index (χ0n) is 7.71. The minimum atomic E-state index is 0.844. The van der Waals surface area contributed by atoms with E-state index in [0.717, 1.165) is 25.7 Å². The number of nitrogens with zero attached hydrogens (tertiary/aromatic N) is 2. The SMILES string of the molecule is CN(CC1=NCCCN1)C1CC1. The van der Waals surface area contributed by atoms with E-state index in [4.69, 9.17) is 0 Å². The van der Waals surface area contributed by atoms with E-state index in [1.807, 2.05) is 0 Å². The largest absolute Gasteiger partial charge is 0.373 e. The molecule has 2 aliphatic rings. The van der Waals surface area contributed by atoms with E-state index in [2.05, 4.69) is 22.3 Å². The summed E-state index contributed by atoms with van der Waals surface area (Å²) in [5.41, 5.74) is 0. The van der Waals surface area contributed by atoms with Crippen molar-refractivity contribution in [3.63, 3.8) is 0 Å². The van der Waals surface area contributed by atoms with Gasteiger partial charge in [-0.3, -0.25) is 9.89 Å². The summed E-state index contributed by atoms with van der Waals surface area (Å²) in [5, 5.41) is 3.34. The van der Waals surface area contributed by atoms with Crippen molar-refractivity contribution in [2.75, 3.05) is 26.7 Å². The van der Waals surface area contributed by atoms with Gasteiger partial charge in [0.2, 0.25) is 0 Å². The average molecular weight is 167 g/mol. The fraction of sp³-hybridized carbons (Fsp3) is 0.889. The minimum Gasteiger partial charge on any atom is -0.373 e. The zero-order chi connectivity index (χ0) is 8.39. The summed E-state index contributed by atoms with van der Waals surface area (Å²) in [4.78, 5) is 6.84. The minimum absolute atomic E-state index is 0.844. The molecule has 3 nitrogen and oxygen atoms in total. The van der Waals surface area contributed by atoms with Gasteiger partial charge in [-0.1, -0.05) is 0 Å². The predicted molar refractivity (Wildman–Crippen MR) is 50.6 cm³/mol. The van der Waals surface area contributed by atoms with Crippen LogP contribution in [0.2, 0.25) is 0 Å². The first-order valence-corrected chi connectivity index (χ1v) is 4.84. The summed E-state index contributed by atoms with van der Waals surface area (Å²) in [6.45, 7) is 3.14. The molecule has 3 heteroatoms. The Morgan fingerprint density at radius 3 is 3.00 bits per heavy atom. The normalized spacial score (nSPS) is 23.7. The lowest BCUT2D eigenvalue weighted by Gasteiger charge is -2.20. The van der Waals surface area contributed by atoms with Gasteiger partial charge in [-0.05, 0) is 26.3 Å². The van der Waals surface area contributed by atoms with Gasteiger partial charge in [0.1, 0.15) is 5.84 Å². The third-order valence-corrected chi connectivity index (χ3v) is 2.54. The van der Waals surface area contributed by atoms with Crippen LogP contribution in [0.25, 0.3) is 0 Å². The first kappa shape index (κ1) is 8.05. The molecule has 1 saturated carbocycles. The third-order valence-electron chi connectivity index (χ3n) is 2.54. The molecule has 0 bridgehead atoms. The van der Waals surface area contributed by atoms with E-state index in [1.165, 1.54) is 25.1 Å². The molecule has 0 unspecified atom stereocenters. The maximum absolute atomic E-state index is 4.44. The highest BCUT2D eigenvalue weighted by atomic mass is 15.2. The summed E-state index contributed by atoms with van der Waals surface area (Å²) < 4.78 is 0. The maximum Gasteiger partial charge on any atom is 0.111 e. The summed E-state index contributed by atoms with van der Waals surface area (Å²) in [6.07, 6.45) is 3.95. The number of nitrogens with one attached hydrogen (secondary N) is 1. The Morgan fingerprint density at radius 2 is 2.42 bits per heavy atom. The van der Waals surface area contributed by atoms with Crippen LogP contribution in [0.15, 0.2) is 4.99 Å². The van der Waals surface area contributed by atoms with Gasteiger partial charge in [-0.2, -0.15) is 0 Å². The molecule has 0 aromatic heterocycles. The summed E-state index contributed by atoms with van der Waals surface area (Å²) >= 11 is 0. The van der Waals surface area contributed by atoms with Crippen molar-refractivity contribution in [1.82, 2.24) is 10.2 Å². The monoisotopic (exact) mass is 167 g/mol. The van der Waals surface area contributed by atoms with Crippen LogP contribution >= 0.6 is 0 Å². The zero-order valence-corrected chi connectivity index (χ0v) is 7.71. The molecule has 0 radical (unpaired) electrons. The molecular weight excluding hydrogens is 150 g/mol. The second kappa shape index (κ2) is 3.44. The lowest BCUT2D eigenvalue weighted by Crippen LogP contribution is -2.39. The molecule has 0 spiro atoms. The van der Waals surface area contributed by atoms with Gasteiger partial charge in [0.25, 0.3) is 0 Å². The second-order valence-corrected chi connectivity index (χ2v) is 3.76. The molecule has 0 atom stereocenters. The van der Waals surface area contributed by atoms with Crippen LogP contribution in [0.4, 0.5) is 0 Å². The standard InChI is InChI=1S/C9H17N3/c1-12(8-3-4-8)7-9-10-5-2-6-11-9/h8H,2-7H2,1H3,(H,10,11). The van der Waals surface area contributed by atoms with E-state index < -0.39 is 0 Å². The Morgan fingerprint density at radius 1 is 1.58 bits per heavy atom. The van der Waals surface area contributed by atoms with Gasteiger partial charge < -0.3 is 5.32 Å². The topological polar surface area (TPSA) is 27.6 Å². The van der Waals surface area contributed by atoms with Crippen LogP contribution in [0, 0.1) is 0 Å². The van der Waals surface area contributed by atoms with E-state index in [-0.39, 0.29) is 0 Å². The van der Waals surface area contributed by atoms with Crippen molar-refractivity contribution < 1.29 is 0 Å². The molecular formula is C9H17N3. The van der Waals surface area contributed by atoms with E-state index in [9.17, 15) is 0 Å². The van der Waals surface area contributed by atoms with Gasteiger partial charge >= 0.3 is 0 Å². The Bertz CT molecular complexity index is 184. The summed E-state index contributed by atoms with van der Waals surface area (Å²) in [6, 6.07) is 0.844. The molecule has 0 aromatic carbocycles. The van der Waals surface area contributed by atoms with Crippen LogP contribution in [0.1, 0.15) is 19.3 Å². The molecule has 68 valence electrons. The van der Waals surface area contributed by atoms with Crippen molar-refractivity contribution in [3.05, 3.63) is 0 Å². The number of amidine groups is 1. The van der Waals surface area contributed by atoms with Crippen LogP contribution in [-0.4, -0.2) is 43.5 Å². The molecule has 1 fully saturated rings. The summed E-state index contributed by atoms with van der Waals surface area (Å²) in [5.74, 6) is 1.19. The van der Waals surface area contributed by atoms with Gasteiger partial charge in [0.15, 0.2) is 0 Å². The Kier molecular flexibility index (Phi) is 2.30. The van der Waals surface area contributed by atoms with E-state index in [0.29, 0.717) is 0 Å². The van der Waals surface area contributed by atoms with E-state index >= 15 is 0 Å². The van der Waals surface area contributed by atoms with Gasteiger partial charge in [-0.25, -0.2) is 0 Å². The van der Waals surface area contributed by atoms with Crippen LogP contribution < -0.4 is 5.32 Å². The van der Waals surface area contributed by atoms with Crippen LogP contribution in [0.3, 0.4) is 0 Å². The molecule has 0 aromatic rings. The van der Waals surface area contributed by atoms with Gasteiger partial charge in [0, 0.05) is 19.1 Å². The van der Waals surface area contributed by atoms with Crippen molar-refractivity contribution in [2.45, 2.75) is 25.3 Å². The number of hydrogen-bond donors (Lipinski definition) is 1.